The number of nitrogens with two attached hydrogens (primary N) is 1. The molecule has 0 aliphatic carbocycles. The fourth-order valence-electron chi connectivity index (χ4n) is 1.55. The first kappa shape index (κ1) is 13.4. The second kappa shape index (κ2) is 5.71. The Morgan fingerprint density at radius 2 is 2.05 bits per heavy atom. The zero-order valence-corrected chi connectivity index (χ0v) is 10.7. The van der Waals surface area contributed by atoms with E-state index in [0.29, 0.717) is 16.9 Å². The van der Waals surface area contributed by atoms with Crippen molar-refractivity contribution in [3.63, 3.8) is 0 Å². The Morgan fingerprint density at radius 3 is 2.74 bits per heavy atom. The summed E-state index contributed by atoms with van der Waals surface area (Å²) in [6.45, 7) is 0.218. The largest absolute Gasteiger partial charge is 0.489 e. The zero-order valence-electron chi connectivity index (χ0n) is 9.99. The van der Waals surface area contributed by atoms with E-state index in [4.69, 9.17) is 27.5 Å². The smallest absolute Gasteiger partial charge is 0.142 e. The molecule has 2 aromatic carbocycles. The monoisotopic (exact) mass is 278 g/mol. The van der Waals surface area contributed by atoms with Gasteiger partial charge in [-0.25, -0.2) is 4.39 Å². The highest BCUT2D eigenvalue weighted by molar-refractivity contribution is 6.30. The summed E-state index contributed by atoms with van der Waals surface area (Å²) in [7, 11) is 0. The summed E-state index contributed by atoms with van der Waals surface area (Å²) in [4.78, 5) is 0. The van der Waals surface area contributed by atoms with Crippen molar-refractivity contribution in [1.29, 1.82) is 5.41 Å². The lowest BCUT2D eigenvalue weighted by atomic mass is 10.2. The summed E-state index contributed by atoms with van der Waals surface area (Å²) < 4.78 is 18.8. The molecule has 0 aromatic heterocycles. The molecular formula is C14H12ClFN2O. The van der Waals surface area contributed by atoms with Crippen molar-refractivity contribution in [2.75, 3.05) is 0 Å². The van der Waals surface area contributed by atoms with Crippen molar-refractivity contribution in [2.24, 2.45) is 5.73 Å². The van der Waals surface area contributed by atoms with E-state index in [2.05, 4.69) is 0 Å². The molecule has 0 aliphatic rings. The molecule has 3 nitrogen and oxygen atoms in total. The molecule has 0 bridgehead atoms. The second-order valence-corrected chi connectivity index (χ2v) is 4.39. The van der Waals surface area contributed by atoms with E-state index in [0.717, 1.165) is 0 Å². The van der Waals surface area contributed by atoms with Crippen LogP contribution in [0.15, 0.2) is 42.5 Å². The van der Waals surface area contributed by atoms with E-state index in [1.165, 1.54) is 12.1 Å². The van der Waals surface area contributed by atoms with Gasteiger partial charge in [0.05, 0.1) is 5.02 Å². The Bertz CT molecular complexity index is 616. The molecule has 0 radical (unpaired) electrons. The van der Waals surface area contributed by atoms with Gasteiger partial charge < -0.3 is 10.5 Å². The van der Waals surface area contributed by atoms with Gasteiger partial charge in [-0.15, -0.1) is 0 Å². The molecule has 0 spiro atoms. The molecule has 0 saturated heterocycles. The molecule has 0 aliphatic heterocycles. The van der Waals surface area contributed by atoms with Gasteiger partial charge in [0.2, 0.25) is 0 Å². The number of halogens is 2. The van der Waals surface area contributed by atoms with Gasteiger partial charge >= 0.3 is 0 Å². The van der Waals surface area contributed by atoms with Crippen LogP contribution in [0.25, 0.3) is 0 Å². The van der Waals surface area contributed by atoms with Crippen LogP contribution in [0.2, 0.25) is 5.02 Å². The number of benzene rings is 2. The average molecular weight is 279 g/mol. The van der Waals surface area contributed by atoms with Crippen LogP contribution in [0.1, 0.15) is 11.1 Å². The molecule has 0 heterocycles. The van der Waals surface area contributed by atoms with E-state index in [1.54, 1.807) is 30.3 Å². The Hall–Kier alpha value is -2.07. The summed E-state index contributed by atoms with van der Waals surface area (Å²) in [5.41, 5.74) is 6.65. The van der Waals surface area contributed by atoms with Gasteiger partial charge in [0, 0.05) is 5.56 Å². The van der Waals surface area contributed by atoms with Crippen LogP contribution in [-0.4, -0.2) is 5.84 Å². The lowest BCUT2D eigenvalue weighted by Gasteiger charge is -2.08. The highest BCUT2D eigenvalue weighted by Gasteiger charge is 2.03. The minimum atomic E-state index is -0.472. The molecule has 0 saturated carbocycles. The van der Waals surface area contributed by atoms with Crippen molar-refractivity contribution in [3.05, 3.63) is 64.4 Å². The zero-order chi connectivity index (χ0) is 13.8. The third-order valence-corrected chi connectivity index (χ3v) is 2.84. The number of hydrogen-bond acceptors (Lipinski definition) is 2. The van der Waals surface area contributed by atoms with Crippen LogP contribution >= 0.6 is 11.6 Å². The minimum Gasteiger partial charge on any atom is -0.489 e. The maximum absolute atomic E-state index is 13.2. The number of rotatable bonds is 4. The van der Waals surface area contributed by atoms with Gasteiger partial charge in [0.15, 0.2) is 0 Å². The number of amidine groups is 1. The summed E-state index contributed by atoms with van der Waals surface area (Å²) in [6, 6.07) is 11.4. The summed E-state index contributed by atoms with van der Waals surface area (Å²) >= 11 is 5.60. The molecule has 19 heavy (non-hydrogen) atoms. The standard InChI is InChI=1S/C14H12ClFN2O/c15-12-5-4-9(6-13(12)16)8-19-11-3-1-2-10(7-11)14(17)18/h1-7H,8H2,(H3,17,18). The molecule has 2 rings (SSSR count). The van der Waals surface area contributed by atoms with E-state index >= 15 is 0 Å². The first-order valence-electron chi connectivity index (χ1n) is 5.57. The Balaban J connectivity index is 2.07. The van der Waals surface area contributed by atoms with E-state index in [-0.39, 0.29) is 17.5 Å². The first-order chi connectivity index (χ1) is 9.06. The highest BCUT2D eigenvalue weighted by Crippen LogP contribution is 2.18. The van der Waals surface area contributed by atoms with E-state index in [9.17, 15) is 4.39 Å². The third-order valence-electron chi connectivity index (χ3n) is 2.53. The maximum Gasteiger partial charge on any atom is 0.142 e. The predicted octanol–water partition coefficient (Wildman–Crippen LogP) is 3.34. The maximum atomic E-state index is 13.2. The van der Waals surface area contributed by atoms with E-state index in [1.807, 2.05) is 0 Å². The van der Waals surface area contributed by atoms with Crippen molar-refractivity contribution in [2.45, 2.75) is 6.61 Å². The highest BCUT2D eigenvalue weighted by atomic mass is 35.5. The van der Waals surface area contributed by atoms with Gasteiger partial charge in [0.1, 0.15) is 24.0 Å². The number of nitrogen functional groups attached to an aromatic ring is 1. The van der Waals surface area contributed by atoms with Crippen LogP contribution in [0, 0.1) is 11.2 Å². The van der Waals surface area contributed by atoms with Crippen molar-refractivity contribution in [3.8, 4) is 5.75 Å². The van der Waals surface area contributed by atoms with E-state index < -0.39 is 5.82 Å². The van der Waals surface area contributed by atoms with Crippen LogP contribution in [0.5, 0.6) is 5.75 Å². The van der Waals surface area contributed by atoms with Gasteiger partial charge in [-0.3, -0.25) is 5.41 Å². The topological polar surface area (TPSA) is 59.1 Å². The average Bonchev–Trinajstić information content (AvgIpc) is 2.40. The Labute approximate surface area is 115 Å². The van der Waals surface area contributed by atoms with Crippen molar-refractivity contribution >= 4 is 17.4 Å². The van der Waals surface area contributed by atoms with Crippen molar-refractivity contribution < 1.29 is 9.13 Å². The Kier molecular flexibility index (Phi) is 4.02. The molecule has 0 amide bonds. The van der Waals surface area contributed by atoms with Crippen LogP contribution < -0.4 is 10.5 Å². The van der Waals surface area contributed by atoms with Gasteiger partial charge in [-0.1, -0.05) is 29.8 Å². The van der Waals surface area contributed by atoms with Crippen LogP contribution in [0.3, 0.4) is 0 Å². The molecule has 0 fully saturated rings. The predicted molar refractivity (Wildman–Crippen MR) is 73.2 cm³/mol. The summed E-state index contributed by atoms with van der Waals surface area (Å²) in [5, 5.41) is 7.42. The second-order valence-electron chi connectivity index (χ2n) is 3.98. The fourth-order valence-corrected chi connectivity index (χ4v) is 1.67. The minimum absolute atomic E-state index is 0.0250. The fraction of sp³-hybridized carbons (Fsp3) is 0.0714. The van der Waals surface area contributed by atoms with Crippen molar-refractivity contribution in [1.82, 2.24) is 0 Å². The first-order valence-corrected chi connectivity index (χ1v) is 5.95. The normalized spacial score (nSPS) is 10.2. The number of ether oxygens (including phenoxy) is 1. The molecule has 2 aromatic rings. The lowest BCUT2D eigenvalue weighted by molar-refractivity contribution is 0.305. The van der Waals surface area contributed by atoms with Crippen LogP contribution in [-0.2, 0) is 6.61 Å². The molecule has 3 N–H and O–H groups in total. The number of hydrogen-bond donors (Lipinski definition) is 2. The van der Waals surface area contributed by atoms with Crippen LogP contribution in [0.4, 0.5) is 4.39 Å². The van der Waals surface area contributed by atoms with Gasteiger partial charge in [-0.2, -0.15) is 0 Å². The quantitative estimate of drug-likeness (QED) is 0.666. The molecule has 98 valence electrons. The summed E-state index contributed by atoms with van der Waals surface area (Å²) in [5.74, 6) is 0.0753. The molecule has 0 unspecified atom stereocenters. The van der Waals surface area contributed by atoms with Gasteiger partial charge in [0.25, 0.3) is 0 Å². The molecule has 5 heteroatoms. The molecule has 0 atom stereocenters. The third kappa shape index (κ3) is 3.45. The van der Waals surface area contributed by atoms with Gasteiger partial charge in [-0.05, 0) is 29.8 Å². The SMILES string of the molecule is N=C(N)c1cccc(OCc2ccc(Cl)c(F)c2)c1. The number of nitrogens with one attached hydrogen (secondary N) is 1. The summed E-state index contributed by atoms with van der Waals surface area (Å²) in [6.07, 6.45) is 0. The molecular weight excluding hydrogens is 267 g/mol. The Morgan fingerprint density at radius 1 is 1.26 bits per heavy atom. The lowest BCUT2D eigenvalue weighted by Crippen LogP contribution is -2.10.